The van der Waals surface area contributed by atoms with Crippen molar-refractivity contribution < 1.29 is 13.2 Å². The lowest BCUT2D eigenvalue weighted by atomic mass is 10.0. The van der Waals surface area contributed by atoms with Gasteiger partial charge in [0.15, 0.2) is 0 Å². The predicted molar refractivity (Wildman–Crippen MR) is 69.5 cm³/mol. The highest BCUT2D eigenvalue weighted by molar-refractivity contribution is 7.97. The summed E-state index contributed by atoms with van der Waals surface area (Å²) in [5.74, 6) is 0. The van der Waals surface area contributed by atoms with Gasteiger partial charge in [0.1, 0.15) is 0 Å². The van der Waals surface area contributed by atoms with Gasteiger partial charge in [-0.25, -0.2) is 0 Å². The lowest BCUT2D eigenvalue weighted by Crippen LogP contribution is -2.33. The summed E-state index contributed by atoms with van der Waals surface area (Å²) in [6, 6.07) is 4.39. The molecule has 0 amide bonds. The van der Waals surface area contributed by atoms with Crippen LogP contribution in [0.3, 0.4) is 0 Å². The van der Waals surface area contributed by atoms with Crippen molar-refractivity contribution in [1.82, 2.24) is 4.72 Å². The highest BCUT2D eigenvalue weighted by Crippen LogP contribution is 2.37. The quantitative estimate of drug-likeness (QED) is 0.793. The number of alkyl halides is 3. The summed E-state index contributed by atoms with van der Waals surface area (Å²) in [5, 5.41) is 0. The molecule has 0 atom stereocenters. The zero-order valence-corrected chi connectivity index (χ0v) is 11.8. The van der Waals surface area contributed by atoms with Crippen LogP contribution in [0.2, 0.25) is 0 Å². The van der Waals surface area contributed by atoms with Gasteiger partial charge < -0.3 is 0 Å². The first-order chi connectivity index (χ1) is 8.15. The molecule has 0 saturated heterocycles. The van der Waals surface area contributed by atoms with Gasteiger partial charge in [-0.3, -0.25) is 4.72 Å². The molecule has 0 aliphatic heterocycles. The summed E-state index contributed by atoms with van der Waals surface area (Å²) in [6.45, 7) is 7.57. The monoisotopic (exact) mass is 277 g/mol. The van der Waals surface area contributed by atoms with Gasteiger partial charge in [-0.15, -0.1) is 0 Å². The van der Waals surface area contributed by atoms with Crippen LogP contribution >= 0.6 is 11.9 Å². The van der Waals surface area contributed by atoms with Crippen LogP contribution < -0.4 is 4.72 Å². The van der Waals surface area contributed by atoms with E-state index in [4.69, 9.17) is 0 Å². The molecule has 0 aromatic heterocycles. The third-order valence-corrected chi connectivity index (χ3v) is 3.99. The van der Waals surface area contributed by atoms with Crippen molar-refractivity contribution in [3.05, 3.63) is 29.3 Å². The molecule has 102 valence electrons. The molecule has 0 fully saturated rings. The topological polar surface area (TPSA) is 12.0 Å². The van der Waals surface area contributed by atoms with Crippen molar-refractivity contribution in [3.63, 3.8) is 0 Å². The summed E-state index contributed by atoms with van der Waals surface area (Å²) < 4.78 is 41.7. The summed E-state index contributed by atoms with van der Waals surface area (Å²) in [6.07, 6.45) is -3.47. The molecule has 1 N–H and O–H groups in total. The Bertz CT molecular complexity index is 413. The fourth-order valence-electron chi connectivity index (χ4n) is 1.22. The molecule has 0 aliphatic carbocycles. The number of nitrogens with one attached hydrogen (secondary N) is 1. The zero-order valence-electron chi connectivity index (χ0n) is 11.0. The van der Waals surface area contributed by atoms with Gasteiger partial charge in [0.05, 0.1) is 5.56 Å². The summed E-state index contributed by atoms with van der Waals surface area (Å²) in [4.78, 5) is 0.217. The zero-order chi connectivity index (χ0) is 14.0. The first-order valence-corrected chi connectivity index (χ1v) is 6.59. The molecule has 0 radical (unpaired) electrons. The Morgan fingerprint density at radius 3 is 2.33 bits per heavy atom. The molecular weight excluding hydrogens is 259 g/mol. The van der Waals surface area contributed by atoms with E-state index in [1.165, 1.54) is 12.1 Å². The third kappa shape index (κ3) is 4.21. The Morgan fingerprint density at radius 1 is 1.22 bits per heavy atom. The molecule has 1 aromatic carbocycles. The maximum absolute atomic E-state index is 12.9. The molecule has 0 spiro atoms. The van der Waals surface area contributed by atoms with E-state index < -0.39 is 11.7 Å². The van der Waals surface area contributed by atoms with Crippen LogP contribution in [-0.2, 0) is 6.18 Å². The second-order valence-corrected chi connectivity index (χ2v) is 5.79. The Balaban J connectivity index is 2.96. The number of benzene rings is 1. The molecule has 0 unspecified atom stereocenters. The smallest absolute Gasteiger partial charge is 0.254 e. The SMILES string of the molecule is CCC(C)(C)NSc1ccc(C)cc1C(F)(F)F. The average molecular weight is 277 g/mol. The number of hydrogen-bond donors (Lipinski definition) is 1. The lowest BCUT2D eigenvalue weighted by Gasteiger charge is -2.24. The van der Waals surface area contributed by atoms with Gasteiger partial charge in [0.25, 0.3) is 0 Å². The molecule has 18 heavy (non-hydrogen) atoms. The van der Waals surface area contributed by atoms with E-state index in [-0.39, 0.29) is 10.4 Å². The van der Waals surface area contributed by atoms with E-state index in [0.717, 1.165) is 18.4 Å². The van der Waals surface area contributed by atoms with Gasteiger partial charge in [-0.2, -0.15) is 13.2 Å². The summed E-state index contributed by atoms with van der Waals surface area (Å²) >= 11 is 1.04. The molecule has 1 aromatic rings. The summed E-state index contributed by atoms with van der Waals surface area (Å²) in [7, 11) is 0. The maximum atomic E-state index is 12.9. The normalized spacial score (nSPS) is 12.8. The molecule has 0 heterocycles. The van der Waals surface area contributed by atoms with Gasteiger partial charge in [-0.1, -0.05) is 18.6 Å². The average Bonchev–Trinajstić information content (AvgIpc) is 2.26. The minimum Gasteiger partial charge on any atom is -0.254 e. The lowest BCUT2D eigenvalue weighted by molar-refractivity contribution is -0.139. The predicted octanol–water partition coefficient (Wildman–Crippen LogP) is 4.80. The van der Waals surface area contributed by atoms with Crippen LogP contribution in [0.15, 0.2) is 23.1 Å². The molecule has 5 heteroatoms. The van der Waals surface area contributed by atoms with Crippen molar-refractivity contribution in [2.45, 2.75) is 50.7 Å². The number of aryl methyl sites for hydroxylation is 1. The van der Waals surface area contributed by atoms with E-state index in [9.17, 15) is 13.2 Å². The Hall–Kier alpha value is -0.680. The van der Waals surface area contributed by atoms with Crippen molar-refractivity contribution in [1.29, 1.82) is 0 Å². The molecular formula is C13H18F3NS. The van der Waals surface area contributed by atoms with Crippen LogP contribution in [0.25, 0.3) is 0 Å². The van der Waals surface area contributed by atoms with E-state index >= 15 is 0 Å². The number of halogens is 3. The van der Waals surface area contributed by atoms with E-state index in [0.29, 0.717) is 5.56 Å². The second-order valence-electron chi connectivity index (χ2n) is 4.94. The first-order valence-electron chi connectivity index (χ1n) is 5.77. The van der Waals surface area contributed by atoms with Gasteiger partial charge >= 0.3 is 6.18 Å². The minimum atomic E-state index is -4.31. The minimum absolute atomic E-state index is 0.196. The van der Waals surface area contributed by atoms with Gasteiger partial charge in [0.2, 0.25) is 0 Å². The van der Waals surface area contributed by atoms with E-state index in [1.807, 2.05) is 20.8 Å². The highest BCUT2D eigenvalue weighted by atomic mass is 32.2. The fraction of sp³-hybridized carbons (Fsp3) is 0.538. The van der Waals surface area contributed by atoms with Crippen LogP contribution in [0.5, 0.6) is 0 Å². The molecule has 1 rings (SSSR count). The first kappa shape index (κ1) is 15.4. The Kier molecular flexibility index (Phi) is 4.72. The van der Waals surface area contributed by atoms with Crippen molar-refractivity contribution >= 4 is 11.9 Å². The fourth-order valence-corrected chi connectivity index (χ4v) is 2.17. The van der Waals surface area contributed by atoms with Crippen molar-refractivity contribution in [2.24, 2.45) is 0 Å². The molecule has 0 aliphatic rings. The molecule has 0 saturated carbocycles. The van der Waals surface area contributed by atoms with Gasteiger partial charge in [-0.05, 0) is 51.3 Å². The highest BCUT2D eigenvalue weighted by Gasteiger charge is 2.34. The van der Waals surface area contributed by atoms with E-state index in [1.54, 1.807) is 13.0 Å². The summed E-state index contributed by atoms with van der Waals surface area (Å²) in [5.41, 5.74) is -0.161. The van der Waals surface area contributed by atoms with Crippen LogP contribution in [0, 0.1) is 6.92 Å². The van der Waals surface area contributed by atoms with Crippen LogP contribution in [-0.4, -0.2) is 5.54 Å². The van der Waals surface area contributed by atoms with Crippen molar-refractivity contribution in [3.8, 4) is 0 Å². The third-order valence-electron chi connectivity index (χ3n) is 2.76. The Labute approximate surface area is 110 Å². The van der Waals surface area contributed by atoms with Crippen molar-refractivity contribution in [2.75, 3.05) is 0 Å². The second kappa shape index (κ2) is 5.53. The number of rotatable bonds is 4. The van der Waals surface area contributed by atoms with Crippen LogP contribution in [0.1, 0.15) is 38.3 Å². The maximum Gasteiger partial charge on any atom is 0.417 e. The molecule has 1 nitrogen and oxygen atoms in total. The standard InChI is InChI=1S/C13H18F3NS/c1-5-12(3,4)17-18-11-7-6-9(2)8-10(11)13(14,15)16/h6-8,17H,5H2,1-4H3. The van der Waals surface area contributed by atoms with Gasteiger partial charge in [0, 0.05) is 10.4 Å². The van der Waals surface area contributed by atoms with E-state index in [2.05, 4.69) is 4.72 Å². The van der Waals surface area contributed by atoms with Crippen LogP contribution in [0.4, 0.5) is 13.2 Å². The Morgan fingerprint density at radius 2 is 1.83 bits per heavy atom. The number of hydrogen-bond acceptors (Lipinski definition) is 2. The largest absolute Gasteiger partial charge is 0.417 e. The molecule has 0 bridgehead atoms.